The van der Waals surface area contributed by atoms with Crippen LogP contribution in [0.25, 0.3) is 0 Å². The largest absolute Gasteiger partial charge is 0.479 e. The van der Waals surface area contributed by atoms with Gasteiger partial charge >= 0.3 is 5.97 Å². The van der Waals surface area contributed by atoms with Crippen LogP contribution in [-0.2, 0) is 4.79 Å². The fourth-order valence-corrected chi connectivity index (χ4v) is 1.46. The molecule has 0 saturated carbocycles. The highest BCUT2D eigenvalue weighted by atomic mass is 16.4. The first-order valence-corrected chi connectivity index (χ1v) is 5.06. The molecular weight excluding hydrogens is 232 g/mol. The number of carboxylic acid groups (broad SMARTS) is 1. The van der Waals surface area contributed by atoms with Crippen molar-refractivity contribution in [3.63, 3.8) is 0 Å². The van der Waals surface area contributed by atoms with Crippen LogP contribution in [0.2, 0.25) is 0 Å². The van der Waals surface area contributed by atoms with Gasteiger partial charge in [0.05, 0.1) is 6.10 Å². The van der Waals surface area contributed by atoms with Crippen LogP contribution in [-0.4, -0.2) is 65.6 Å². The SMILES string of the molecule is CC(O)[C@@H](O)[C@@](C)(O)[C@](C)(O)[C@@](C)(O)C(=O)O. The van der Waals surface area contributed by atoms with Gasteiger partial charge in [-0.25, -0.2) is 4.79 Å². The molecule has 0 rings (SSSR count). The lowest BCUT2D eigenvalue weighted by molar-refractivity contribution is -0.264. The number of carboxylic acids is 1. The van der Waals surface area contributed by atoms with Gasteiger partial charge in [0.1, 0.15) is 17.3 Å². The Morgan fingerprint density at radius 2 is 1.41 bits per heavy atom. The second-order valence-electron chi connectivity index (χ2n) is 4.78. The molecule has 102 valence electrons. The molecule has 0 radical (unpaired) electrons. The highest BCUT2D eigenvalue weighted by Crippen LogP contribution is 2.36. The third-order valence-corrected chi connectivity index (χ3v) is 3.38. The molecule has 5 atom stereocenters. The molecule has 7 nitrogen and oxygen atoms in total. The smallest absolute Gasteiger partial charge is 0.338 e. The van der Waals surface area contributed by atoms with Crippen molar-refractivity contribution in [3.05, 3.63) is 0 Å². The molecule has 6 N–H and O–H groups in total. The summed E-state index contributed by atoms with van der Waals surface area (Å²) in [5.74, 6) is -1.76. The van der Waals surface area contributed by atoms with E-state index in [2.05, 4.69) is 0 Å². The summed E-state index contributed by atoms with van der Waals surface area (Å²) in [5.41, 5.74) is -7.71. The number of aliphatic carboxylic acids is 1. The average Bonchev–Trinajstić information content (AvgIpc) is 2.15. The van der Waals surface area contributed by atoms with Crippen molar-refractivity contribution in [2.24, 2.45) is 0 Å². The maximum absolute atomic E-state index is 10.8. The number of aliphatic hydroxyl groups excluding tert-OH is 2. The van der Waals surface area contributed by atoms with Gasteiger partial charge in [-0.1, -0.05) is 0 Å². The van der Waals surface area contributed by atoms with Gasteiger partial charge in [0.2, 0.25) is 0 Å². The fourth-order valence-electron chi connectivity index (χ4n) is 1.46. The van der Waals surface area contributed by atoms with Crippen LogP contribution in [0.4, 0.5) is 0 Å². The molecule has 0 saturated heterocycles. The van der Waals surface area contributed by atoms with E-state index < -0.39 is 35.0 Å². The molecule has 0 aliphatic heterocycles. The predicted octanol–water partition coefficient (Wildman–Crippen LogP) is -1.93. The highest BCUT2D eigenvalue weighted by Gasteiger charge is 2.61. The molecule has 0 fully saturated rings. The normalized spacial score (nSPS) is 26.2. The van der Waals surface area contributed by atoms with Crippen molar-refractivity contribution in [1.82, 2.24) is 0 Å². The summed E-state index contributed by atoms with van der Waals surface area (Å²) in [5, 5.41) is 57.2. The summed E-state index contributed by atoms with van der Waals surface area (Å²) >= 11 is 0. The third-order valence-electron chi connectivity index (χ3n) is 3.38. The van der Waals surface area contributed by atoms with Gasteiger partial charge in [-0.3, -0.25) is 0 Å². The van der Waals surface area contributed by atoms with Gasteiger partial charge < -0.3 is 30.6 Å². The van der Waals surface area contributed by atoms with Crippen molar-refractivity contribution in [1.29, 1.82) is 0 Å². The zero-order chi connectivity index (χ0) is 14.2. The minimum atomic E-state index is -2.70. The minimum Gasteiger partial charge on any atom is -0.479 e. The zero-order valence-corrected chi connectivity index (χ0v) is 10.2. The Labute approximate surface area is 99.0 Å². The molecule has 0 amide bonds. The maximum atomic E-state index is 10.8. The summed E-state index contributed by atoms with van der Waals surface area (Å²) < 4.78 is 0. The summed E-state index contributed by atoms with van der Waals surface area (Å²) in [7, 11) is 0. The summed E-state index contributed by atoms with van der Waals surface area (Å²) in [6.45, 7) is 3.75. The lowest BCUT2D eigenvalue weighted by atomic mass is 9.70. The number of aliphatic hydroxyl groups is 5. The Hall–Kier alpha value is -0.730. The van der Waals surface area contributed by atoms with Crippen LogP contribution in [0, 0.1) is 0 Å². The van der Waals surface area contributed by atoms with E-state index in [9.17, 15) is 30.3 Å². The molecule has 0 aromatic rings. The Balaban J connectivity index is 5.52. The van der Waals surface area contributed by atoms with Crippen molar-refractivity contribution >= 4 is 5.97 Å². The second kappa shape index (κ2) is 4.51. The van der Waals surface area contributed by atoms with Crippen molar-refractivity contribution in [3.8, 4) is 0 Å². The molecule has 17 heavy (non-hydrogen) atoms. The second-order valence-corrected chi connectivity index (χ2v) is 4.78. The third kappa shape index (κ3) is 2.43. The molecule has 0 aliphatic carbocycles. The van der Waals surface area contributed by atoms with Gasteiger partial charge in [0, 0.05) is 0 Å². The van der Waals surface area contributed by atoms with E-state index in [1.165, 1.54) is 0 Å². The monoisotopic (exact) mass is 252 g/mol. The number of hydrogen-bond donors (Lipinski definition) is 6. The van der Waals surface area contributed by atoms with Gasteiger partial charge in [-0.15, -0.1) is 0 Å². The first kappa shape index (κ1) is 16.3. The maximum Gasteiger partial charge on any atom is 0.338 e. The summed E-state index contributed by atoms with van der Waals surface area (Å²) in [4.78, 5) is 10.8. The molecule has 0 aromatic heterocycles. The quantitative estimate of drug-likeness (QED) is 0.335. The first-order chi connectivity index (χ1) is 7.30. The van der Waals surface area contributed by atoms with Gasteiger partial charge in [0.15, 0.2) is 5.60 Å². The highest BCUT2D eigenvalue weighted by molar-refractivity contribution is 5.78. The molecule has 0 aromatic carbocycles. The summed E-state index contributed by atoms with van der Waals surface area (Å²) in [6.07, 6.45) is -3.25. The van der Waals surface area contributed by atoms with Crippen LogP contribution in [0.3, 0.4) is 0 Å². The standard InChI is InChI=1S/C10H20O7/c1-5(11)6(12)8(2,15)10(4,17)9(3,16)7(13)14/h5-6,11-12,15-17H,1-4H3,(H,13,14)/t5?,6-,8-,9+,10+/m1/s1. The van der Waals surface area contributed by atoms with Crippen molar-refractivity contribution in [2.75, 3.05) is 0 Å². The topological polar surface area (TPSA) is 138 Å². The van der Waals surface area contributed by atoms with Crippen molar-refractivity contribution in [2.45, 2.75) is 56.7 Å². The molecule has 7 heteroatoms. The van der Waals surface area contributed by atoms with E-state index in [1.807, 2.05) is 0 Å². The summed E-state index contributed by atoms with van der Waals surface area (Å²) in [6, 6.07) is 0. The number of carbonyl (C=O) groups is 1. The van der Waals surface area contributed by atoms with Crippen LogP contribution >= 0.6 is 0 Å². The van der Waals surface area contributed by atoms with Crippen LogP contribution in [0.5, 0.6) is 0 Å². The fraction of sp³-hybridized carbons (Fsp3) is 0.900. The van der Waals surface area contributed by atoms with Crippen LogP contribution in [0.1, 0.15) is 27.7 Å². The molecule has 1 unspecified atom stereocenters. The Morgan fingerprint density at radius 1 is 1.06 bits per heavy atom. The van der Waals surface area contributed by atoms with Crippen molar-refractivity contribution < 1.29 is 35.4 Å². The molecule has 0 spiro atoms. The first-order valence-electron chi connectivity index (χ1n) is 5.06. The predicted molar refractivity (Wildman–Crippen MR) is 57.2 cm³/mol. The molecule has 0 heterocycles. The van der Waals surface area contributed by atoms with E-state index in [0.717, 1.165) is 27.7 Å². The Bertz CT molecular complexity index is 293. The van der Waals surface area contributed by atoms with Gasteiger partial charge in [-0.05, 0) is 27.7 Å². The Kier molecular flexibility index (Phi) is 4.31. The van der Waals surface area contributed by atoms with E-state index in [4.69, 9.17) is 5.11 Å². The van der Waals surface area contributed by atoms with Crippen LogP contribution in [0.15, 0.2) is 0 Å². The average molecular weight is 252 g/mol. The van der Waals surface area contributed by atoms with Gasteiger partial charge in [-0.2, -0.15) is 0 Å². The Morgan fingerprint density at radius 3 is 1.65 bits per heavy atom. The van der Waals surface area contributed by atoms with Gasteiger partial charge in [0.25, 0.3) is 0 Å². The van der Waals surface area contributed by atoms with E-state index in [-0.39, 0.29) is 0 Å². The van der Waals surface area contributed by atoms with E-state index >= 15 is 0 Å². The number of rotatable bonds is 5. The minimum absolute atomic E-state index is 0.790. The molecule has 0 bridgehead atoms. The number of hydrogen-bond acceptors (Lipinski definition) is 6. The zero-order valence-electron chi connectivity index (χ0n) is 10.2. The molecule has 0 aliphatic rings. The van der Waals surface area contributed by atoms with E-state index in [1.54, 1.807) is 0 Å². The molecular formula is C10H20O7. The lowest BCUT2D eigenvalue weighted by Crippen LogP contribution is -2.71. The lowest BCUT2D eigenvalue weighted by Gasteiger charge is -2.47. The van der Waals surface area contributed by atoms with Crippen LogP contribution < -0.4 is 0 Å². The van der Waals surface area contributed by atoms with E-state index in [0.29, 0.717) is 0 Å².